The monoisotopic (exact) mass is 866 g/mol. The lowest BCUT2D eigenvalue weighted by Gasteiger charge is -2.43. The molecule has 2 heterocycles. The number of unbranched alkanes of at least 4 members (excludes halogenated alkanes) is 1. The number of esters is 1. The van der Waals surface area contributed by atoms with Crippen molar-refractivity contribution < 1.29 is 53.0 Å². The van der Waals surface area contributed by atoms with Gasteiger partial charge in [-0.05, 0) is 69.8 Å². The third-order valence-electron chi connectivity index (χ3n) is 12.3. The van der Waals surface area contributed by atoms with Crippen LogP contribution in [-0.2, 0) is 54.3 Å². The summed E-state index contributed by atoms with van der Waals surface area (Å²) in [7, 11) is 1.41. The van der Waals surface area contributed by atoms with E-state index in [2.05, 4.69) is 16.0 Å². The van der Waals surface area contributed by atoms with E-state index >= 15 is 0 Å². The lowest BCUT2D eigenvalue weighted by molar-refractivity contribution is -0.168. The molecule has 0 spiro atoms. The molecule has 9 atom stereocenters. The van der Waals surface area contributed by atoms with Gasteiger partial charge in [0, 0.05) is 44.6 Å². The minimum absolute atomic E-state index is 0.000931. The second kappa shape index (κ2) is 22.2. The van der Waals surface area contributed by atoms with Gasteiger partial charge < -0.3 is 41.3 Å². The largest absolute Gasteiger partial charge is 0.460 e. The van der Waals surface area contributed by atoms with Crippen molar-refractivity contribution in [3.8, 4) is 0 Å². The van der Waals surface area contributed by atoms with Crippen LogP contribution in [0.2, 0.25) is 0 Å². The number of carbonyl (C=O) groups excluding carboxylic acids is 9. The summed E-state index contributed by atoms with van der Waals surface area (Å²) in [5.41, 5.74) is 6.06. The van der Waals surface area contributed by atoms with E-state index in [0.29, 0.717) is 18.4 Å². The summed E-state index contributed by atoms with van der Waals surface area (Å²) in [4.78, 5) is 126. The first-order chi connectivity index (χ1) is 29.2. The topological polar surface area (TPSA) is 252 Å². The maximum atomic E-state index is 14.8. The maximum absolute atomic E-state index is 14.8. The predicted molar refractivity (Wildman–Crippen MR) is 226 cm³/mol. The molecule has 1 aliphatic carbocycles. The number of nitrogens with zero attached hydrogens (tertiary/aromatic N) is 2. The summed E-state index contributed by atoms with van der Waals surface area (Å²) < 4.78 is 5.90. The van der Waals surface area contributed by atoms with Crippen LogP contribution >= 0.6 is 0 Å². The zero-order chi connectivity index (χ0) is 46.0. The average molecular weight is 867 g/mol. The van der Waals surface area contributed by atoms with Gasteiger partial charge in [0.05, 0.1) is 18.0 Å². The number of likely N-dealkylation sites (N-methyl/N-ethyl adjacent to an activating group) is 1. The van der Waals surface area contributed by atoms with E-state index in [-0.39, 0.29) is 63.2 Å². The van der Waals surface area contributed by atoms with E-state index in [1.54, 1.807) is 58.0 Å². The summed E-state index contributed by atoms with van der Waals surface area (Å²) in [6, 6.07) is 2.97. The molecule has 1 saturated carbocycles. The van der Waals surface area contributed by atoms with Gasteiger partial charge in [0.2, 0.25) is 35.4 Å². The molecule has 1 aromatic carbocycles. The van der Waals surface area contributed by atoms with Crippen molar-refractivity contribution in [1.82, 2.24) is 25.8 Å². The minimum atomic E-state index is -1.41. The van der Waals surface area contributed by atoms with Gasteiger partial charge in [-0.2, -0.15) is 0 Å². The van der Waals surface area contributed by atoms with Crippen LogP contribution in [0.5, 0.6) is 0 Å². The molecule has 17 heteroatoms. The Morgan fingerprint density at radius 3 is 2.15 bits per heavy atom. The molecule has 1 aromatic rings. The van der Waals surface area contributed by atoms with Gasteiger partial charge in [-0.25, -0.2) is 4.79 Å². The van der Waals surface area contributed by atoms with E-state index in [1.165, 1.54) is 25.8 Å². The van der Waals surface area contributed by atoms with Crippen LogP contribution in [0.4, 0.5) is 0 Å². The van der Waals surface area contributed by atoms with Gasteiger partial charge in [-0.3, -0.25) is 38.4 Å². The number of fused-ring (bicyclic) bond motifs is 2. The number of cyclic esters (lactones) is 1. The fourth-order valence-electron chi connectivity index (χ4n) is 8.10. The molecule has 17 nitrogen and oxygen atoms in total. The molecule has 6 amide bonds. The molecule has 3 aliphatic rings. The minimum Gasteiger partial charge on any atom is -0.460 e. The number of ether oxygens (including phenoxy) is 1. The molecule has 3 fully saturated rings. The number of hydrogen-bond donors (Lipinski definition) is 5. The molecule has 62 heavy (non-hydrogen) atoms. The van der Waals surface area contributed by atoms with E-state index in [1.807, 2.05) is 0 Å². The summed E-state index contributed by atoms with van der Waals surface area (Å²) in [5, 5.41) is 19.6. The molecule has 6 N–H and O–H groups in total. The lowest BCUT2D eigenvalue weighted by atomic mass is 9.86. The number of primary amides is 1. The number of aliphatic hydroxyl groups excluding tert-OH is 1. The van der Waals surface area contributed by atoms with Gasteiger partial charge in [-0.15, -0.1) is 0 Å². The Labute approximate surface area is 364 Å². The van der Waals surface area contributed by atoms with Crippen molar-refractivity contribution in [1.29, 1.82) is 0 Å². The molecule has 0 aromatic heterocycles. The Morgan fingerprint density at radius 2 is 1.55 bits per heavy atom. The summed E-state index contributed by atoms with van der Waals surface area (Å²) >= 11 is 0. The van der Waals surface area contributed by atoms with Crippen molar-refractivity contribution >= 4 is 53.0 Å². The molecule has 0 radical (unpaired) electrons. The second-order valence-corrected chi connectivity index (χ2v) is 17.9. The SMILES string of the molecule is CC(C)C(=O)N[C@@H](C)C(=O)C[C@@H]1C(=O)N[C@@H](C2CC2)C(=O)C[C@H]2CC[C@@H](O)N(C2=O)[C@@H](CCCCC(N)=O)C(=O)N(C)[C@@H](Cc2ccccc2)C(=O)N[C@@H](C(C)C)C(=O)O[C@@H]1C. The first kappa shape index (κ1) is 49.5. The highest BCUT2D eigenvalue weighted by molar-refractivity contribution is 5.98. The van der Waals surface area contributed by atoms with Gasteiger partial charge >= 0.3 is 5.97 Å². The average Bonchev–Trinajstić information content (AvgIpc) is 4.06. The Hall–Kier alpha value is -5.19. The number of nitrogens with two attached hydrogens (primary N) is 1. The zero-order valence-electron chi connectivity index (χ0n) is 37.1. The van der Waals surface area contributed by atoms with Crippen molar-refractivity contribution in [3.63, 3.8) is 0 Å². The van der Waals surface area contributed by atoms with Crippen LogP contribution in [0.3, 0.4) is 0 Å². The van der Waals surface area contributed by atoms with E-state index in [9.17, 15) is 48.3 Å². The first-order valence-corrected chi connectivity index (χ1v) is 22.0. The maximum Gasteiger partial charge on any atom is 0.329 e. The second-order valence-electron chi connectivity index (χ2n) is 17.9. The highest BCUT2D eigenvalue weighted by atomic mass is 16.5. The lowest BCUT2D eigenvalue weighted by Crippen LogP contribution is -2.61. The number of nitrogens with one attached hydrogen (secondary N) is 3. The standard InChI is InChI=1S/C45H66N6O11/c1-24(2)38-45(61)62-27(6)31(23-34(52)26(5)47-40(56)25(3)4)41(57)49-39(29-17-18-29)35(53)22-30-19-20-37(55)51(43(30)59)32(15-11-12-16-36(46)54)44(60)50(7)33(42(58)48-38)21-28-13-9-8-10-14-28/h8-10,13-14,24-27,29-33,37-39,55H,11-12,15-23H2,1-7H3,(H2,46,54)(H,47,56)(H,48,58)(H,49,57)/t26-,27+,30+,31-,32-,33-,37+,38-,39-/m0/s1. The molecular weight excluding hydrogens is 801 g/mol. The van der Waals surface area contributed by atoms with Crippen molar-refractivity contribution in [2.24, 2.45) is 35.3 Å². The zero-order valence-corrected chi connectivity index (χ0v) is 37.1. The first-order valence-electron chi connectivity index (χ1n) is 22.0. The van der Waals surface area contributed by atoms with Crippen LogP contribution < -0.4 is 21.7 Å². The van der Waals surface area contributed by atoms with Crippen LogP contribution in [0.15, 0.2) is 30.3 Å². The summed E-state index contributed by atoms with van der Waals surface area (Å²) in [5.74, 6) is -9.11. The molecule has 0 unspecified atom stereocenters. The smallest absolute Gasteiger partial charge is 0.329 e. The quantitative estimate of drug-likeness (QED) is 0.133. The van der Waals surface area contributed by atoms with Crippen LogP contribution in [0.1, 0.15) is 111 Å². The van der Waals surface area contributed by atoms with Gasteiger partial charge in [0.15, 0.2) is 11.6 Å². The van der Waals surface area contributed by atoms with Gasteiger partial charge in [-0.1, -0.05) is 64.4 Å². The van der Waals surface area contributed by atoms with Crippen LogP contribution in [0.25, 0.3) is 0 Å². The summed E-state index contributed by atoms with van der Waals surface area (Å²) in [6.07, 6.45) is -1.52. The number of aliphatic hydroxyl groups is 1. The van der Waals surface area contributed by atoms with Crippen molar-refractivity contribution in [3.05, 3.63) is 35.9 Å². The van der Waals surface area contributed by atoms with Gasteiger partial charge in [0.1, 0.15) is 30.5 Å². The molecule has 342 valence electrons. The molecule has 2 saturated heterocycles. The molecule has 2 bridgehead atoms. The van der Waals surface area contributed by atoms with Crippen LogP contribution in [0, 0.1) is 29.6 Å². The number of carbonyl (C=O) groups is 9. The normalized spacial score (nSPS) is 27.7. The molecule has 4 rings (SSSR count). The van der Waals surface area contributed by atoms with Crippen molar-refractivity contribution in [2.75, 3.05) is 7.05 Å². The fourth-order valence-corrected chi connectivity index (χ4v) is 8.10. The van der Waals surface area contributed by atoms with E-state index in [0.717, 1.165) is 4.90 Å². The Bertz CT molecular complexity index is 1820. The van der Waals surface area contributed by atoms with E-state index < -0.39 is 120 Å². The number of hydrogen-bond acceptors (Lipinski definition) is 11. The number of rotatable bonds is 14. The number of benzene rings is 1. The van der Waals surface area contributed by atoms with Crippen molar-refractivity contribution in [2.45, 2.75) is 155 Å². The predicted octanol–water partition coefficient (Wildman–Crippen LogP) is 1.70. The highest BCUT2D eigenvalue weighted by Crippen LogP contribution is 2.36. The number of piperidine rings is 1. The number of ketones is 2. The third-order valence-corrected chi connectivity index (χ3v) is 12.3. The summed E-state index contributed by atoms with van der Waals surface area (Å²) in [6.45, 7) is 9.62. The fraction of sp³-hybridized carbons (Fsp3) is 0.667. The number of amides is 6. The Morgan fingerprint density at radius 1 is 0.887 bits per heavy atom. The number of Topliss-reactive ketones (excluding diaryl/α,β-unsaturated/α-hetero) is 2. The highest BCUT2D eigenvalue weighted by Gasteiger charge is 2.47. The Balaban J connectivity index is 1.81. The van der Waals surface area contributed by atoms with E-state index in [4.69, 9.17) is 10.5 Å². The Kier molecular flexibility index (Phi) is 17.8. The third kappa shape index (κ3) is 13.2. The van der Waals surface area contributed by atoms with Gasteiger partial charge in [0.25, 0.3) is 0 Å². The molecule has 2 aliphatic heterocycles. The van der Waals surface area contributed by atoms with Crippen LogP contribution in [-0.4, -0.2) is 117 Å². The molecular formula is C45H66N6O11.